The van der Waals surface area contributed by atoms with E-state index in [1.54, 1.807) is 11.3 Å². The zero-order valence-corrected chi connectivity index (χ0v) is 9.16. The Labute approximate surface area is 84.2 Å². The lowest BCUT2D eigenvalue weighted by Gasteiger charge is -2.28. The van der Waals surface area contributed by atoms with Gasteiger partial charge >= 0.3 is 0 Å². The lowest BCUT2D eigenvalue weighted by molar-refractivity contribution is 0.350. The van der Waals surface area contributed by atoms with Crippen LogP contribution < -0.4 is 5.32 Å². The maximum Gasteiger partial charge on any atom is 0.0451 e. The van der Waals surface area contributed by atoms with E-state index >= 15 is 0 Å². The largest absolute Gasteiger partial charge is 0.381 e. The Morgan fingerprint density at radius 3 is 2.92 bits per heavy atom. The minimum Gasteiger partial charge on any atom is -0.381 e. The molecule has 1 saturated carbocycles. The van der Waals surface area contributed by atoms with E-state index in [2.05, 4.69) is 36.0 Å². The van der Waals surface area contributed by atoms with Gasteiger partial charge < -0.3 is 5.32 Å². The summed E-state index contributed by atoms with van der Waals surface area (Å²) >= 11 is 1.76. The molecule has 1 fully saturated rings. The smallest absolute Gasteiger partial charge is 0.0451 e. The molecular weight excluding hydrogens is 178 g/mol. The Morgan fingerprint density at radius 1 is 1.54 bits per heavy atom. The zero-order chi connectivity index (χ0) is 9.31. The molecule has 72 valence electrons. The Hall–Kier alpha value is -0.500. The van der Waals surface area contributed by atoms with Crippen LogP contribution in [0.1, 0.15) is 33.1 Å². The first kappa shape index (κ1) is 9.07. The van der Waals surface area contributed by atoms with E-state index < -0.39 is 0 Å². The highest BCUT2D eigenvalue weighted by atomic mass is 32.1. The molecule has 1 N–H and O–H groups in total. The standard InChI is InChI=1S/C11H17NS/c1-11(2)6-3-4-10(11)12-9-5-7-13-8-9/h5,7-8,10,12H,3-4,6H2,1-2H3. The van der Waals surface area contributed by atoms with Crippen LogP contribution in [0.15, 0.2) is 16.8 Å². The molecule has 0 aliphatic heterocycles. The molecular formula is C11H17NS. The molecule has 1 aliphatic carbocycles. The van der Waals surface area contributed by atoms with Gasteiger partial charge in [0, 0.05) is 17.1 Å². The summed E-state index contributed by atoms with van der Waals surface area (Å²) in [6, 6.07) is 2.83. The Morgan fingerprint density at radius 2 is 2.38 bits per heavy atom. The number of hydrogen-bond donors (Lipinski definition) is 1. The summed E-state index contributed by atoms with van der Waals surface area (Å²) in [5, 5.41) is 7.94. The highest BCUT2D eigenvalue weighted by Crippen LogP contribution is 2.39. The van der Waals surface area contributed by atoms with Crippen molar-refractivity contribution in [3.63, 3.8) is 0 Å². The third kappa shape index (κ3) is 1.88. The minimum atomic E-state index is 0.474. The molecule has 1 heterocycles. The lowest BCUT2D eigenvalue weighted by atomic mass is 9.87. The fraction of sp³-hybridized carbons (Fsp3) is 0.636. The summed E-state index contributed by atoms with van der Waals surface area (Å²) in [5.74, 6) is 0. The predicted octanol–water partition coefficient (Wildman–Crippen LogP) is 3.74. The number of anilines is 1. The van der Waals surface area contributed by atoms with Crippen LogP contribution in [0.25, 0.3) is 0 Å². The van der Waals surface area contributed by atoms with Crippen LogP contribution in [0.3, 0.4) is 0 Å². The quantitative estimate of drug-likeness (QED) is 0.758. The van der Waals surface area contributed by atoms with Crippen molar-refractivity contribution < 1.29 is 0 Å². The molecule has 2 heteroatoms. The molecule has 1 nitrogen and oxygen atoms in total. The van der Waals surface area contributed by atoms with Crippen LogP contribution in [0.2, 0.25) is 0 Å². The van der Waals surface area contributed by atoms with Crippen molar-refractivity contribution in [2.75, 3.05) is 5.32 Å². The minimum absolute atomic E-state index is 0.474. The third-order valence-electron chi connectivity index (χ3n) is 3.12. The van der Waals surface area contributed by atoms with E-state index in [1.807, 2.05) is 0 Å². The molecule has 1 aromatic heterocycles. The van der Waals surface area contributed by atoms with Crippen molar-refractivity contribution in [3.05, 3.63) is 16.8 Å². The third-order valence-corrected chi connectivity index (χ3v) is 3.80. The van der Waals surface area contributed by atoms with Gasteiger partial charge in [0.15, 0.2) is 0 Å². The maximum absolute atomic E-state index is 3.62. The fourth-order valence-electron chi connectivity index (χ4n) is 2.14. The predicted molar refractivity (Wildman–Crippen MR) is 59.4 cm³/mol. The molecule has 1 aromatic rings. The second kappa shape index (κ2) is 3.33. The van der Waals surface area contributed by atoms with Crippen molar-refractivity contribution in [2.45, 2.75) is 39.2 Å². The van der Waals surface area contributed by atoms with Gasteiger partial charge in [0.05, 0.1) is 0 Å². The van der Waals surface area contributed by atoms with Gasteiger partial charge in [0.2, 0.25) is 0 Å². The summed E-state index contributed by atoms with van der Waals surface area (Å²) in [6.45, 7) is 4.73. The zero-order valence-electron chi connectivity index (χ0n) is 8.34. The first-order valence-electron chi connectivity index (χ1n) is 4.97. The van der Waals surface area contributed by atoms with Crippen molar-refractivity contribution in [1.29, 1.82) is 0 Å². The molecule has 1 aliphatic rings. The highest BCUT2D eigenvalue weighted by Gasteiger charge is 2.34. The van der Waals surface area contributed by atoms with Crippen LogP contribution in [0.5, 0.6) is 0 Å². The van der Waals surface area contributed by atoms with Gasteiger partial charge in [-0.25, -0.2) is 0 Å². The molecule has 13 heavy (non-hydrogen) atoms. The van der Waals surface area contributed by atoms with Gasteiger partial charge in [-0.1, -0.05) is 20.3 Å². The second-order valence-electron chi connectivity index (χ2n) is 4.59. The second-order valence-corrected chi connectivity index (χ2v) is 5.37. The van der Waals surface area contributed by atoms with E-state index in [9.17, 15) is 0 Å². The topological polar surface area (TPSA) is 12.0 Å². The monoisotopic (exact) mass is 195 g/mol. The van der Waals surface area contributed by atoms with Gasteiger partial charge in [0.25, 0.3) is 0 Å². The Bertz CT molecular complexity index is 264. The number of thiophene rings is 1. The van der Waals surface area contributed by atoms with Crippen LogP contribution in [-0.4, -0.2) is 6.04 Å². The fourth-order valence-corrected chi connectivity index (χ4v) is 2.74. The van der Waals surface area contributed by atoms with E-state index in [4.69, 9.17) is 0 Å². The average molecular weight is 195 g/mol. The maximum atomic E-state index is 3.62. The summed E-state index contributed by atoms with van der Waals surface area (Å²) in [4.78, 5) is 0. The van der Waals surface area contributed by atoms with E-state index in [1.165, 1.54) is 24.9 Å². The Kier molecular flexibility index (Phi) is 2.33. The first-order chi connectivity index (χ1) is 6.18. The SMILES string of the molecule is CC1(C)CCCC1Nc1ccsc1. The van der Waals surface area contributed by atoms with Crippen molar-refractivity contribution in [2.24, 2.45) is 5.41 Å². The molecule has 1 unspecified atom stereocenters. The summed E-state index contributed by atoms with van der Waals surface area (Å²) < 4.78 is 0. The number of rotatable bonds is 2. The molecule has 0 spiro atoms. The van der Waals surface area contributed by atoms with Gasteiger partial charge in [-0.15, -0.1) is 0 Å². The normalized spacial score (nSPS) is 26.2. The van der Waals surface area contributed by atoms with Crippen LogP contribution in [-0.2, 0) is 0 Å². The molecule has 0 bridgehead atoms. The van der Waals surface area contributed by atoms with Crippen LogP contribution >= 0.6 is 11.3 Å². The molecule has 0 amide bonds. The highest BCUT2D eigenvalue weighted by molar-refractivity contribution is 7.08. The van der Waals surface area contributed by atoms with Gasteiger partial charge in [-0.05, 0) is 29.7 Å². The van der Waals surface area contributed by atoms with E-state index in [0.29, 0.717) is 11.5 Å². The molecule has 0 saturated heterocycles. The van der Waals surface area contributed by atoms with Gasteiger partial charge in [0.1, 0.15) is 0 Å². The van der Waals surface area contributed by atoms with Crippen molar-refractivity contribution >= 4 is 17.0 Å². The lowest BCUT2D eigenvalue weighted by Crippen LogP contribution is -2.30. The molecule has 0 aromatic carbocycles. The Balaban J connectivity index is 2.02. The van der Waals surface area contributed by atoms with Gasteiger partial charge in [-0.3, -0.25) is 0 Å². The first-order valence-corrected chi connectivity index (χ1v) is 5.91. The van der Waals surface area contributed by atoms with Crippen molar-refractivity contribution in [3.8, 4) is 0 Å². The molecule has 1 atom stereocenters. The molecule has 2 rings (SSSR count). The summed E-state index contributed by atoms with van der Waals surface area (Å²) in [6.07, 6.45) is 4.05. The molecule has 0 radical (unpaired) electrons. The average Bonchev–Trinajstić information content (AvgIpc) is 2.63. The number of nitrogens with one attached hydrogen (secondary N) is 1. The number of hydrogen-bond acceptors (Lipinski definition) is 2. The van der Waals surface area contributed by atoms with E-state index in [0.717, 1.165) is 0 Å². The van der Waals surface area contributed by atoms with Gasteiger partial charge in [-0.2, -0.15) is 11.3 Å². The van der Waals surface area contributed by atoms with Crippen LogP contribution in [0, 0.1) is 5.41 Å². The summed E-state index contributed by atoms with van der Waals surface area (Å²) in [5.41, 5.74) is 1.77. The van der Waals surface area contributed by atoms with Crippen LogP contribution in [0.4, 0.5) is 5.69 Å². The van der Waals surface area contributed by atoms with Crippen molar-refractivity contribution in [1.82, 2.24) is 0 Å². The summed E-state index contributed by atoms with van der Waals surface area (Å²) in [7, 11) is 0. The van der Waals surface area contributed by atoms with E-state index in [-0.39, 0.29) is 0 Å².